The maximum absolute atomic E-state index is 5.48. The van der Waals surface area contributed by atoms with Crippen LogP contribution < -0.4 is 18.9 Å². The molecule has 0 saturated carbocycles. The van der Waals surface area contributed by atoms with E-state index in [2.05, 4.69) is 0 Å². The summed E-state index contributed by atoms with van der Waals surface area (Å²) in [5.74, 6) is 0. The SMILES string of the molecule is CCO[B-](CC)(OCC)OCC.[Li+]. The average molecular weight is 182 g/mol. The molecule has 0 aromatic rings. The molecular weight excluding hydrogens is 162 g/mol. The second-order valence-corrected chi connectivity index (χ2v) is 2.56. The van der Waals surface area contributed by atoms with E-state index in [1.165, 1.54) is 0 Å². The van der Waals surface area contributed by atoms with Crippen molar-refractivity contribution in [1.29, 1.82) is 0 Å². The molecule has 0 amide bonds. The zero-order valence-electron chi connectivity index (χ0n) is 9.63. The van der Waals surface area contributed by atoms with E-state index < -0.39 is 6.75 Å². The summed E-state index contributed by atoms with van der Waals surface area (Å²) in [6.45, 7) is 8.29. The van der Waals surface area contributed by atoms with Crippen LogP contribution >= 0.6 is 0 Å². The Morgan fingerprint density at radius 2 is 1.08 bits per heavy atom. The van der Waals surface area contributed by atoms with Crippen LogP contribution in [0.4, 0.5) is 0 Å². The minimum atomic E-state index is -1.47. The van der Waals surface area contributed by atoms with E-state index in [4.69, 9.17) is 14.0 Å². The second-order valence-electron chi connectivity index (χ2n) is 2.56. The largest absolute Gasteiger partial charge is 1.00 e. The van der Waals surface area contributed by atoms with Gasteiger partial charge in [0.2, 0.25) is 0 Å². The van der Waals surface area contributed by atoms with Crippen LogP contribution in [0.15, 0.2) is 0 Å². The molecule has 13 heavy (non-hydrogen) atoms. The Morgan fingerprint density at radius 1 is 0.769 bits per heavy atom. The third-order valence-corrected chi connectivity index (χ3v) is 1.76. The van der Waals surface area contributed by atoms with Gasteiger partial charge in [-0.2, -0.15) is 0 Å². The molecule has 74 valence electrons. The Bertz CT molecular complexity index is 96.5. The standard InChI is InChI=1S/C8H20BO3.Li/c1-5-9(10-6-2,11-7-3)12-8-4;/h5-8H2,1-4H3;/q-1;+1. The zero-order chi connectivity index (χ0) is 9.45. The minimum Gasteiger partial charge on any atom is -0.545 e. The quantitative estimate of drug-likeness (QED) is 0.475. The molecule has 0 unspecified atom stereocenters. The van der Waals surface area contributed by atoms with Crippen molar-refractivity contribution in [2.45, 2.75) is 34.0 Å². The number of rotatable bonds is 7. The molecule has 0 N–H and O–H groups in total. The van der Waals surface area contributed by atoms with Crippen LogP contribution in [-0.2, 0) is 14.0 Å². The van der Waals surface area contributed by atoms with Gasteiger partial charge in [-0.1, -0.05) is 6.92 Å². The fraction of sp³-hybridized carbons (Fsp3) is 1.00. The molecule has 0 saturated heterocycles. The van der Waals surface area contributed by atoms with Gasteiger partial charge in [-0.3, -0.25) is 0 Å². The Balaban J connectivity index is 0. The van der Waals surface area contributed by atoms with Crippen LogP contribution in [0.2, 0.25) is 6.32 Å². The maximum Gasteiger partial charge on any atom is 1.00 e. The summed E-state index contributed by atoms with van der Waals surface area (Å²) in [6, 6.07) is 0. The van der Waals surface area contributed by atoms with Crippen LogP contribution in [-0.4, -0.2) is 26.6 Å². The van der Waals surface area contributed by atoms with Crippen molar-refractivity contribution in [3.63, 3.8) is 0 Å². The topological polar surface area (TPSA) is 27.7 Å². The summed E-state index contributed by atoms with van der Waals surface area (Å²) >= 11 is 0. The van der Waals surface area contributed by atoms with Crippen LogP contribution in [0, 0.1) is 0 Å². The van der Waals surface area contributed by atoms with E-state index >= 15 is 0 Å². The first-order valence-corrected chi connectivity index (χ1v) is 4.81. The molecule has 0 spiro atoms. The van der Waals surface area contributed by atoms with Crippen molar-refractivity contribution in [1.82, 2.24) is 0 Å². The van der Waals surface area contributed by atoms with E-state index in [0.717, 1.165) is 6.32 Å². The number of hydrogen-bond acceptors (Lipinski definition) is 3. The predicted molar refractivity (Wildman–Crippen MR) is 51.1 cm³/mol. The monoisotopic (exact) mass is 182 g/mol. The predicted octanol–water partition coefficient (Wildman–Crippen LogP) is -0.941. The fourth-order valence-corrected chi connectivity index (χ4v) is 1.26. The molecule has 0 fully saturated rings. The average Bonchev–Trinajstić information content (AvgIpc) is 2.06. The minimum absolute atomic E-state index is 0. The summed E-state index contributed by atoms with van der Waals surface area (Å²) in [6.07, 6.45) is 0.773. The molecule has 0 aromatic heterocycles. The van der Waals surface area contributed by atoms with Crippen molar-refractivity contribution in [3.05, 3.63) is 0 Å². The Hall–Kier alpha value is 0.542. The first-order valence-electron chi connectivity index (χ1n) is 4.81. The van der Waals surface area contributed by atoms with Gasteiger partial charge >= 0.3 is 25.6 Å². The molecule has 0 aromatic carbocycles. The summed E-state index contributed by atoms with van der Waals surface area (Å²) in [7, 11) is 0. The van der Waals surface area contributed by atoms with E-state index in [1.54, 1.807) is 0 Å². The van der Waals surface area contributed by atoms with Gasteiger partial charge in [0.05, 0.1) is 0 Å². The molecule has 0 heterocycles. The van der Waals surface area contributed by atoms with Gasteiger partial charge in [-0.25, -0.2) is 0 Å². The van der Waals surface area contributed by atoms with Crippen molar-refractivity contribution >= 4 is 6.75 Å². The summed E-state index contributed by atoms with van der Waals surface area (Å²) in [5.41, 5.74) is 0. The Morgan fingerprint density at radius 3 is 1.23 bits per heavy atom. The van der Waals surface area contributed by atoms with Crippen molar-refractivity contribution < 1.29 is 32.8 Å². The van der Waals surface area contributed by atoms with Crippen LogP contribution in [0.3, 0.4) is 0 Å². The molecule has 0 aliphatic heterocycles. The van der Waals surface area contributed by atoms with E-state index in [9.17, 15) is 0 Å². The molecule has 0 aliphatic carbocycles. The smallest absolute Gasteiger partial charge is 0.545 e. The molecule has 3 nitrogen and oxygen atoms in total. The first-order chi connectivity index (χ1) is 5.74. The van der Waals surface area contributed by atoms with Gasteiger partial charge in [-0.05, 0) is 40.6 Å². The molecule has 0 radical (unpaired) electrons. The molecule has 0 aliphatic rings. The second kappa shape index (κ2) is 9.11. The van der Waals surface area contributed by atoms with Crippen molar-refractivity contribution in [2.24, 2.45) is 0 Å². The summed E-state index contributed by atoms with van der Waals surface area (Å²) in [5, 5.41) is 0. The van der Waals surface area contributed by atoms with Gasteiger partial charge in [-0.15, -0.1) is 6.32 Å². The van der Waals surface area contributed by atoms with Crippen LogP contribution in [0.5, 0.6) is 0 Å². The molecular formula is C8H20BLiO3. The van der Waals surface area contributed by atoms with Crippen LogP contribution in [0.25, 0.3) is 0 Å². The Labute approximate surface area is 93.7 Å². The fourth-order valence-electron chi connectivity index (χ4n) is 1.26. The van der Waals surface area contributed by atoms with Gasteiger partial charge in [0, 0.05) is 0 Å². The third-order valence-electron chi connectivity index (χ3n) is 1.76. The molecule has 0 atom stereocenters. The summed E-state index contributed by atoms with van der Waals surface area (Å²) < 4.78 is 16.4. The van der Waals surface area contributed by atoms with E-state index in [-0.39, 0.29) is 18.9 Å². The normalized spacial score (nSPS) is 11.1. The molecule has 0 rings (SSSR count). The number of hydrogen-bond donors (Lipinski definition) is 0. The van der Waals surface area contributed by atoms with Gasteiger partial charge < -0.3 is 14.0 Å². The molecule has 0 bridgehead atoms. The van der Waals surface area contributed by atoms with Crippen LogP contribution in [0.1, 0.15) is 27.7 Å². The van der Waals surface area contributed by atoms with Gasteiger partial charge in [0.15, 0.2) is 0 Å². The molecule has 5 heteroatoms. The third kappa shape index (κ3) is 5.77. The van der Waals surface area contributed by atoms with Crippen molar-refractivity contribution in [2.75, 3.05) is 19.8 Å². The zero-order valence-corrected chi connectivity index (χ0v) is 9.63. The maximum atomic E-state index is 5.48. The Kier molecular flexibility index (Phi) is 11.2. The van der Waals surface area contributed by atoms with Gasteiger partial charge in [0.25, 0.3) is 0 Å². The summed E-state index contributed by atoms with van der Waals surface area (Å²) in [4.78, 5) is 0. The van der Waals surface area contributed by atoms with Gasteiger partial charge in [0.1, 0.15) is 0 Å². The van der Waals surface area contributed by atoms with E-state index in [1.807, 2.05) is 27.7 Å². The van der Waals surface area contributed by atoms with E-state index in [0.29, 0.717) is 19.8 Å². The first kappa shape index (κ1) is 16.0. The van der Waals surface area contributed by atoms with Crippen molar-refractivity contribution in [3.8, 4) is 0 Å².